The average Bonchev–Trinajstić information content (AvgIpc) is 2.18. The van der Waals surface area contributed by atoms with Crippen LogP contribution in [0.25, 0.3) is 0 Å². The number of rotatable bonds is 3. The van der Waals surface area contributed by atoms with Crippen LogP contribution in [0.4, 0.5) is 0 Å². The Morgan fingerprint density at radius 3 is 0.737 bits per heavy atom. The first kappa shape index (κ1) is 26.4. The molecule has 0 aromatic carbocycles. The van der Waals surface area contributed by atoms with Crippen molar-refractivity contribution >= 4 is 17.9 Å². The molecule has 0 aliphatic carbocycles. The maximum atomic E-state index is 9.46. The summed E-state index contributed by atoms with van der Waals surface area (Å²) in [6.45, 7) is 4.07. The van der Waals surface area contributed by atoms with Crippen LogP contribution in [0.5, 0.6) is 0 Å². The minimum atomic E-state index is -1.21. The second kappa shape index (κ2) is 14.9. The van der Waals surface area contributed by atoms with Crippen LogP contribution < -0.4 is 32.5 Å². The van der Waals surface area contributed by atoms with Crippen molar-refractivity contribution in [3.8, 4) is 0 Å². The van der Waals surface area contributed by atoms with Gasteiger partial charge in [0.2, 0.25) is 0 Å². The van der Waals surface area contributed by atoms with Crippen molar-refractivity contribution in [3.05, 3.63) is 0 Å². The average molecular weight is 320 g/mol. The van der Waals surface area contributed by atoms with E-state index in [1.54, 1.807) is 0 Å². The summed E-state index contributed by atoms with van der Waals surface area (Å²) in [7, 11) is 0. The molecule has 6 N–H and O–H groups in total. The zero-order chi connectivity index (χ0) is 15.5. The van der Waals surface area contributed by atoms with E-state index in [2.05, 4.69) is 0 Å². The minimum Gasteiger partial charge on any atom is -0.548 e. The van der Waals surface area contributed by atoms with Crippen molar-refractivity contribution in [1.29, 1.82) is 0 Å². The summed E-state index contributed by atoms with van der Waals surface area (Å²) in [6, 6.07) is -2.53. The summed E-state index contributed by atoms with van der Waals surface area (Å²) < 4.78 is 0. The van der Waals surface area contributed by atoms with Gasteiger partial charge in [0.1, 0.15) is 0 Å². The van der Waals surface area contributed by atoms with E-state index in [9.17, 15) is 29.7 Å². The monoisotopic (exact) mass is 320 g/mol. The van der Waals surface area contributed by atoms with Crippen molar-refractivity contribution in [2.24, 2.45) is 17.2 Å². The molecule has 0 amide bonds. The molecule has 113 valence electrons. The largest absolute Gasteiger partial charge is 3.00 e. The van der Waals surface area contributed by atoms with Crippen LogP contribution in [-0.2, 0) is 31.5 Å². The molecule has 19 heavy (non-hydrogen) atoms. The van der Waals surface area contributed by atoms with Crippen LogP contribution in [0.3, 0.4) is 0 Å². The van der Waals surface area contributed by atoms with E-state index in [1.807, 2.05) is 0 Å². The van der Waals surface area contributed by atoms with E-state index in [0.29, 0.717) is 0 Å². The van der Waals surface area contributed by atoms with E-state index >= 15 is 0 Å². The number of nitrogens with two attached hydrogens (primary N) is 3. The van der Waals surface area contributed by atoms with E-state index < -0.39 is 36.0 Å². The predicted octanol–water partition coefficient (Wildman–Crippen LogP) is -5.75. The first-order valence-electron chi connectivity index (χ1n) is 4.82. The smallest absolute Gasteiger partial charge is 0.548 e. The zero-order valence-corrected chi connectivity index (χ0v) is 11.9. The van der Waals surface area contributed by atoms with Crippen molar-refractivity contribution in [3.63, 3.8) is 0 Å². The standard InChI is InChI=1S/3C3H7NO2.Fe/c3*1-2(4)3(5)6;/h3*2H,4H2,1H3,(H,5,6);/q;;;+3/p-3/t3*2-;/m000./s1. The summed E-state index contributed by atoms with van der Waals surface area (Å²) in [6.07, 6.45) is 0. The molecular weight excluding hydrogens is 302 g/mol. The maximum Gasteiger partial charge on any atom is 3.00 e. The third-order valence-electron chi connectivity index (χ3n) is 1.12. The van der Waals surface area contributed by atoms with Crippen LogP contribution in [-0.4, -0.2) is 36.0 Å². The van der Waals surface area contributed by atoms with Gasteiger partial charge in [0.05, 0.1) is 17.9 Å². The van der Waals surface area contributed by atoms with Gasteiger partial charge in [-0.15, -0.1) is 0 Å². The van der Waals surface area contributed by atoms with Gasteiger partial charge in [0, 0.05) is 18.1 Å². The molecule has 9 nitrogen and oxygen atoms in total. The summed E-state index contributed by atoms with van der Waals surface area (Å²) in [4.78, 5) is 28.4. The molecule has 0 aromatic heterocycles. The van der Waals surface area contributed by atoms with Gasteiger partial charge < -0.3 is 46.9 Å². The quantitative estimate of drug-likeness (QED) is 0.424. The van der Waals surface area contributed by atoms with Crippen LogP contribution in [0, 0.1) is 0 Å². The molecule has 0 bridgehead atoms. The van der Waals surface area contributed by atoms with Gasteiger partial charge in [-0.25, -0.2) is 0 Å². The predicted molar refractivity (Wildman–Crippen MR) is 56.0 cm³/mol. The SMILES string of the molecule is C[C@H](N)C(=O)[O-].C[C@H](N)C(=O)[O-].C[C@H](N)C(=O)[O-].[Fe+3]. The Balaban J connectivity index is -0.0000000865. The molecule has 0 saturated carbocycles. The van der Waals surface area contributed by atoms with Gasteiger partial charge in [-0.3, -0.25) is 0 Å². The van der Waals surface area contributed by atoms with E-state index in [1.165, 1.54) is 20.8 Å². The maximum absolute atomic E-state index is 9.46. The van der Waals surface area contributed by atoms with Crippen molar-refractivity contribution in [2.75, 3.05) is 0 Å². The summed E-state index contributed by atoms with van der Waals surface area (Å²) in [5, 5.41) is 28.4. The molecule has 10 heteroatoms. The van der Waals surface area contributed by atoms with Gasteiger partial charge in [-0.1, -0.05) is 0 Å². The molecule has 3 atom stereocenters. The van der Waals surface area contributed by atoms with Crippen molar-refractivity contribution < 1.29 is 46.8 Å². The fourth-order valence-electron chi connectivity index (χ4n) is 0. The molecule has 0 aliphatic rings. The number of aliphatic carboxylic acids is 3. The number of carbonyl (C=O) groups is 3. The molecule has 0 aliphatic heterocycles. The normalized spacial score (nSPS) is 12.9. The van der Waals surface area contributed by atoms with Crippen LogP contribution >= 0.6 is 0 Å². The first-order chi connectivity index (χ1) is 7.93. The Labute approximate surface area is 121 Å². The van der Waals surface area contributed by atoms with Gasteiger partial charge in [-0.05, 0) is 20.8 Å². The molecule has 0 heterocycles. The molecule has 0 rings (SSSR count). The zero-order valence-electron chi connectivity index (χ0n) is 10.8. The number of hydrogen-bond acceptors (Lipinski definition) is 9. The summed E-state index contributed by atoms with van der Waals surface area (Å²) in [5.74, 6) is -3.64. The number of carboxylic acid groups (broad SMARTS) is 3. The van der Waals surface area contributed by atoms with Gasteiger partial charge >= 0.3 is 17.1 Å². The van der Waals surface area contributed by atoms with Crippen LogP contribution in [0.15, 0.2) is 0 Å². The Kier molecular flexibility index (Phi) is 20.7. The number of carboxylic acids is 3. The van der Waals surface area contributed by atoms with Crippen LogP contribution in [0.2, 0.25) is 0 Å². The Morgan fingerprint density at radius 2 is 0.737 bits per heavy atom. The Hall–Kier alpha value is -1.19. The van der Waals surface area contributed by atoms with Crippen molar-refractivity contribution in [1.82, 2.24) is 0 Å². The third-order valence-corrected chi connectivity index (χ3v) is 1.12. The molecule has 0 unspecified atom stereocenters. The third kappa shape index (κ3) is 31.6. The van der Waals surface area contributed by atoms with Gasteiger partial charge in [0.25, 0.3) is 0 Å². The second-order valence-electron chi connectivity index (χ2n) is 3.32. The molecule has 0 fully saturated rings. The number of hydrogen-bond donors (Lipinski definition) is 3. The summed E-state index contributed by atoms with van der Waals surface area (Å²) in [5.41, 5.74) is 14.3. The molecule has 1 radical (unpaired) electrons. The van der Waals surface area contributed by atoms with E-state index in [0.717, 1.165) is 0 Å². The minimum absolute atomic E-state index is 0. The number of carbonyl (C=O) groups excluding carboxylic acids is 3. The molecule has 0 spiro atoms. The molecule has 0 aromatic rings. The fraction of sp³-hybridized carbons (Fsp3) is 0.667. The fourth-order valence-corrected chi connectivity index (χ4v) is 0. The Bertz CT molecular complexity index is 228. The summed E-state index contributed by atoms with van der Waals surface area (Å²) >= 11 is 0. The molecular formula is C9H18FeN3O6. The van der Waals surface area contributed by atoms with E-state index in [4.69, 9.17) is 17.2 Å². The first-order valence-corrected chi connectivity index (χ1v) is 4.82. The molecule has 0 saturated heterocycles. The van der Waals surface area contributed by atoms with E-state index in [-0.39, 0.29) is 17.1 Å². The second-order valence-corrected chi connectivity index (χ2v) is 3.32. The Morgan fingerprint density at radius 1 is 0.684 bits per heavy atom. The topological polar surface area (TPSA) is 198 Å². The van der Waals surface area contributed by atoms with Crippen molar-refractivity contribution in [2.45, 2.75) is 38.9 Å². The van der Waals surface area contributed by atoms with Crippen LogP contribution in [0.1, 0.15) is 20.8 Å². The van der Waals surface area contributed by atoms with Gasteiger partial charge in [0.15, 0.2) is 0 Å². The van der Waals surface area contributed by atoms with Gasteiger partial charge in [-0.2, -0.15) is 0 Å².